The first kappa shape index (κ1) is 28.6. The van der Waals surface area contributed by atoms with Gasteiger partial charge >= 0.3 is 6.09 Å². The highest BCUT2D eigenvalue weighted by Gasteiger charge is 2.41. The van der Waals surface area contributed by atoms with Crippen LogP contribution in [0.4, 0.5) is 13.6 Å². The molecule has 42 heavy (non-hydrogen) atoms. The Morgan fingerprint density at radius 3 is 2.17 bits per heavy atom. The van der Waals surface area contributed by atoms with E-state index in [0.717, 1.165) is 40.8 Å². The van der Waals surface area contributed by atoms with Crippen LogP contribution < -0.4 is 5.73 Å². The van der Waals surface area contributed by atoms with Crippen LogP contribution in [0.3, 0.4) is 0 Å². The number of hydrogen-bond donors (Lipinski definition) is 1. The Morgan fingerprint density at radius 2 is 1.55 bits per heavy atom. The molecule has 0 aliphatic heterocycles. The number of carbonyl (C=O) groups is 1. The van der Waals surface area contributed by atoms with Gasteiger partial charge in [0.2, 0.25) is 11.7 Å². The van der Waals surface area contributed by atoms with Gasteiger partial charge in [0.15, 0.2) is 6.10 Å². The zero-order valence-corrected chi connectivity index (χ0v) is 24.1. The molecule has 0 saturated heterocycles. The summed E-state index contributed by atoms with van der Waals surface area (Å²) in [5, 5.41) is 0. The van der Waals surface area contributed by atoms with Crippen molar-refractivity contribution in [3.63, 3.8) is 0 Å². The van der Waals surface area contributed by atoms with Crippen molar-refractivity contribution >= 4 is 24.3 Å². The molecule has 2 aromatic heterocycles. The molecule has 7 rings (SSSR count). The molecule has 3 aliphatic rings. The molecule has 2 fully saturated rings. The SMILES string of the molecule is CN(C(=O)OC1c2ccccc2-c2ccccc21)[C@@H](c1ccn2cc([C@@H](N)C3CCC(F)(F)CC3)nc2n1)C1CC1.Cl. The fourth-order valence-electron chi connectivity index (χ4n) is 6.59. The zero-order chi connectivity index (χ0) is 28.3. The van der Waals surface area contributed by atoms with Crippen LogP contribution in [0.15, 0.2) is 67.0 Å². The molecular weight excluding hydrogens is 560 g/mol. The van der Waals surface area contributed by atoms with Gasteiger partial charge in [-0.1, -0.05) is 48.5 Å². The lowest BCUT2D eigenvalue weighted by atomic mass is 9.81. The molecule has 0 bridgehead atoms. The Kier molecular flexibility index (Phi) is 7.43. The lowest BCUT2D eigenvalue weighted by Crippen LogP contribution is -2.34. The number of imidazole rings is 1. The third-order valence-electron chi connectivity index (χ3n) is 9.05. The van der Waals surface area contributed by atoms with Gasteiger partial charge in [-0.05, 0) is 54.7 Å². The summed E-state index contributed by atoms with van der Waals surface area (Å²) in [5.74, 6) is -1.86. The molecule has 2 N–H and O–H groups in total. The quantitative estimate of drug-likeness (QED) is 0.254. The smallest absolute Gasteiger partial charge is 0.411 e. The molecule has 2 aromatic carbocycles. The maximum atomic E-state index is 13.7. The molecule has 2 atom stereocenters. The summed E-state index contributed by atoms with van der Waals surface area (Å²) in [4.78, 5) is 24.8. The van der Waals surface area contributed by atoms with E-state index in [4.69, 9.17) is 15.5 Å². The van der Waals surface area contributed by atoms with E-state index in [1.807, 2.05) is 59.3 Å². The molecule has 0 unspecified atom stereocenters. The fourth-order valence-corrected chi connectivity index (χ4v) is 6.59. The van der Waals surface area contributed by atoms with Gasteiger partial charge < -0.3 is 15.4 Å². The van der Waals surface area contributed by atoms with Crippen LogP contribution in [0.2, 0.25) is 0 Å². The molecule has 10 heteroatoms. The van der Waals surface area contributed by atoms with E-state index in [9.17, 15) is 13.6 Å². The third-order valence-corrected chi connectivity index (χ3v) is 9.05. The summed E-state index contributed by atoms with van der Waals surface area (Å²) in [5.41, 5.74) is 12.0. The first-order valence-corrected chi connectivity index (χ1v) is 14.4. The molecule has 1 amide bonds. The van der Waals surface area contributed by atoms with E-state index >= 15 is 0 Å². The van der Waals surface area contributed by atoms with Crippen LogP contribution in [0, 0.1) is 11.8 Å². The second-order valence-electron chi connectivity index (χ2n) is 11.8. The third kappa shape index (κ3) is 5.13. The number of aromatic nitrogens is 3. The lowest BCUT2D eigenvalue weighted by Gasteiger charge is -2.31. The van der Waals surface area contributed by atoms with Crippen LogP contribution in [0.1, 0.15) is 79.2 Å². The predicted octanol–water partition coefficient (Wildman–Crippen LogP) is 7.27. The monoisotopic (exact) mass is 593 g/mol. The Labute approximate surface area is 249 Å². The summed E-state index contributed by atoms with van der Waals surface area (Å²) in [6.45, 7) is 0. The summed E-state index contributed by atoms with van der Waals surface area (Å²) in [6.07, 6.45) is 5.35. The van der Waals surface area contributed by atoms with Crippen molar-refractivity contribution in [1.82, 2.24) is 19.3 Å². The van der Waals surface area contributed by atoms with Crippen LogP contribution in [-0.4, -0.2) is 38.3 Å². The van der Waals surface area contributed by atoms with Crippen LogP contribution in [-0.2, 0) is 4.74 Å². The summed E-state index contributed by atoms with van der Waals surface area (Å²) < 4.78 is 35.3. The second kappa shape index (κ2) is 10.9. The molecule has 0 radical (unpaired) electrons. The van der Waals surface area contributed by atoms with Gasteiger partial charge in [0.05, 0.1) is 23.5 Å². The van der Waals surface area contributed by atoms with E-state index in [-0.39, 0.29) is 43.1 Å². The Balaban J connectivity index is 0.00000316. The molecule has 3 aliphatic carbocycles. The number of hydrogen-bond acceptors (Lipinski definition) is 5. The van der Waals surface area contributed by atoms with Crippen molar-refractivity contribution < 1.29 is 18.3 Å². The first-order chi connectivity index (χ1) is 19.8. The van der Waals surface area contributed by atoms with Gasteiger partial charge in [0.25, 0.3) is 0 Å². The Bertz CT molecular complexity index is 1570. The van der Waals surface area contributed by atoms with E-state index in [0.29, 0.717) is 24.3 Å². The molecule has 4 aromatic rings. The highest BCUT2D eigenvalue weighted by molar-refractivity contribution is 5.85. The van der Waals surface area contributed by atoms with Crippen molar-refractivity contribution in [1.29, 1.82) is 0 Å². The number of carbonyl (C=O) groups excluding carboxylic acids is 1. The number of rotatable bonds is 6. The van der Waals surface area contributed by atoms with Crippen molar-refractivity contribution in [3.05, 3.63) is 89.5 Å². The van der Waals surface area contributed by atoms with E-state index in [1.54, 1.807) is 11.9 Å². The maximum absolute atomic E-state index is 13.7. The molecule has 0 spiro atoms. The normalized spacial score (nSPS) is 19.4. The summed E-state index contributed by atoms with van der Waals surface area (Å²) >= 11 is 0. The molecule has 7 nitrogen and oxygen atoms in total. The van der Waals surface area contributed by atoms with Gasteiger partial charge in [-0.2, -0.15) is 0 Å². The topological polar surface area (TPSA) is 85.8 Å². The van der Waals surface area contributed by atoms with Crippen LogP contribution in [0.5, 0.6) is 0 Å². The number of halogens is 3. The maximum Gasteiger partial charge on any atom is 0.411 e. The molecule has 2 heterocycles. The van der Waals surface area contributed by atoms with E-state index < -0.39 is 24.2 Å². The van der Waals surface area contributed by atoms with Crippen molar-refractivity contribution in [2.75, 3.05) is 7.05 Å². The highest BCUT2D eigenvalue weighted by Crippen LogP contribution is 2.47. The van der Waals surface area contributed by atoms with Gasteiger partial charge in [-0.15, -0.1) is 12.4 Å². The van der Waals surface area contributed by atoms with Gasteiger partial charge in [0, 0.05) is 43.4 Å². The number of alkyl halides is 2. The average Bonchev–Trinajstić information content (AvgIpc) is 3.64. The fraction of sp³-hybridized carbons (Fsp3) is 0.406. The van der Waals surface area contributed by atoms with Gasteiger partial charge in [0.1, 0.15) is 0 Å². The minimum absolute atomic E-state index is 0. The number of nitrogens with two attached hydrogens (primary N) is 1. The predicted molar refractivity (Wildman–Crippen MR) is 157 cm³/mol. The Morgan fingerprint density at radius 1 is 0.952 bits per heavy atom. The summed E-state index contributed by atoms with van der Waals surface area (Å²) in [6, 6.07) is 17.3. The van der Waals surface area contributed by atoms with E-state index in [2.05, 4.69) is 17.1 Å². The van der Waals surface area contributed by atoms with Crippen molar-refractivity contribution in [2.24, 2.45) is 17.6 Å². The van der Waals surface area contributed by atoms with Crippen molar-refractivity contribution in [3.8, 4) is 11.1 Å². The van der Waals surface area contributed by atoms with Gasteiger partial charge in [-0.3, -0.25) is 4.40 Å². The largest absolute Gasteiger partial charge is 0.436 e. The Hall–Kier alpha value is -3.56. The number of fused-ring (bicyclic) bond motifs is 4. The number of benzene rings is 2. The highest BCUT2D eigenvalue weighted by atomic mass is 35.5. The standard InChI is InChI=1S/C32H33F2N5O2.ClH/c1-38(31(40)41-29-23-8-4-2-6-21(23)22-7-3-5-9-24(22)29)28(20-10-11-20)25-14-17-39-18-26(37-30(39)36-25)27(35)19-12-15-32(33,34)16-13-19;/h2-9,14,17-20,27-29H,10-13,15-16,35H2,1H3;1H/t27-,28+;/m0./s1. The van der Waals surface area contributed by atoms with E-state index in [1.165, 1.54) is 0 Å². The average molecular weight is 594 g/mol. The first-order valence-electron chi connectivity index (χ1n) is 14.4. The lowest BCUT2D eigenvalue weighted by molar-refractivity contribution is -0.0484. The molecular formula is C32H34ClF2N5O2. The minimum Gasteiger partial charge on any atom is -0.436 e. The summed E-state index contributed by atoms with van der Waals surface area (Å²) in [7, 11) is 1.77. The number of amides is 1. The molecule has 220 valence electrons. The van der Waals surface area contributed by atoms with Crippen LogP contribution in [0.25, 0.3) is 16.9 Å². The molecule has 2 saturated carbocycles. The second-order valence-corrected chi connectivity index (χ2v) is 11.8. The van der Waals surface area contributed by atoms with Crippen molar-refractivity contribution in [2.45, 2.75) is 62.6 Å². The number of nitrogens with zero attached hydrogens (tertiary/aromatic N) is 4. The minimum atomic E-state index is -2.60. The van der Waals surface area contributed by atoms with Gasteiger partial charge in [-0.25, -0.2) is 23.5 Å². The van der Waals surface area contributed by atoms with Crippen LogP contribution >= 0.6 is 12.4 Å². The zero-order valence-electron chi connectivity index (χ0n) is 23.3. The number of ether oxygens (including phenoxy) is 1.